The number of rotatable bonds is 6. The van der Waals surface area contributed by atoms with Gasteiger partial charge in [-0.05, 0) is 18.4 Å². The zero-order valence-corrected chi connectivity index (χ0v) is 13.3. The van der Waals surface area contributed by atoms with Crippen LogP contribution < -0.4 is 10.1 Å². The predicted molar refractivity (Wildman–Crippen MR) is 86.4 cm³/mol. The summed E-state index contributed by atoms with van der Waals surface area (Å²) in [6.07, 6.45) is 1.90. The van der Waals surface area contributed by atoms with Crippen molar-refractivity contribution in [2.24, 2.45) is 0 Å². The molecule has 0 fully saturated rings. The predicted octanol–water partition coefficient (Wildman–Crippen LogP) is 2.93. The molecule has 112 valence electrons. The average molecular weight is 326 g/mol. The number of nitrogens with one attached hydrogen (secondary N) is 1. The number of anilines is 1. The molecule has 1 aromatic heterocycles. The first kappa shape index (κ1) is 15.9. The van der Waals surface area contributed by atoms with Crippen molar-refractivity contribution in [1.82, 2.24) is 9.97 Å². The van der Waals surface area contributed by atoms with Gasteiger partial charge in [-0.1, -0.05) is 23.7 Å². The van der Waals surface area contributed by atoms with Gasteiger partial charge in [-0.15, -0.1) is 11.8 Å². The smallest absolute Gasteiger partial charge is 0.163 e. The van der Waals surface area contributed by atoms with E-state index in [1.807, 2.05) is 30.5 Å². The van der Waals surface area contributed by atoms with E-state index in [-0.39, 0.29) is 6.61 Å². The number of aliphatic hydroxyl groups excluding tert-OH is 1. The van der Waals surface area contributed by atoms with Crippen LogP contribution in [0.15, 0.2) is 29.2 Å². The number of halogens is 1. The fourth-order valence-corrected chi connectivity index (χ4v) is 2.72. The molecule has 1 heterocycles. The molecule has 0 spiro atoms. The van der Waals surface area contributed by atoms with Crippen LogP contribution in [0.1, 0.15) is 0 Å². The van der Waals surface area contributed by atoms with Gasteiger partial charge in [0.25, 0.3) is 0 Å². The maximum atomic E-state index is 8.95. The maximum absolute atomic E-state index is 8.95. The minimum absolute atomic E-state index is 0.0178. The zero-order valence-electron chi connectivity index (χ0n) is 11.8. The van der Waals surface area contributed by atoms with E-state index in [1.165, 1.54) is 11.8 Å². The van der Waals surface area contributed by atoms with Gasteiger partial charge in [-0.25, -0.2) is 9.97 Å². The van der Waals surface area contributed by atoms with Crippen LogP contribution in [-0.4, -0.2) is 41.6 Å². The molecule has 5 nitrogen and oxygen atoms in total. The van der Waals surface area contributed by atoms with E-state index >= 15 is 0 Å². The van der Waals surface area contributed by atoms with E-state index in [2.05, 4.69) is 15.3 Å². The molecule has 1 aromatic carbocycles. The summed E-state index contributed by atoms with van der Waals surface area (Å²) < 4.78 is 5.21. The van der Waals surface area contributed by atoms with Crippen LogP contribution in [0, 0.1) is 0 Å². The van der Waals surface area contributed by atoms with E-state index < -0.39 is 0 Å². The summed E-state index contributed by atoms with van der Waals surface area (Å²) in [5.74, 6) is 1.86. The topological polar surface area (TPSA) is 67.3 Å². The van der Waals surface area contributed by atoms with Crippen LogP contribution in [0.2, 0.25) is 5.15 Å². The lowest BCUT2D eigenvalue weighted by Crippen LogP contribution is -2.09. The molecule has 2 aromatic rings. The van der Waals surface area contributed by atoms with Gasteiger partial charge >= 0.3 is 0 Å². The number of benzene rings is 1. The second-order valence-corrected chi connectivity index (χ2v) is 5.28. The molecular formula is C14H16ClN3O2S. The van der Waals surface area contributed by atoms with Crippen molar-refractivity contribution >= 4 is 29.2 Å². The highest BCUT2D eigenvalue weighted by atomic mass is 35.5. The van der Waals surface area contributed by atoms with E-state index in [0.29, 0.717) is 23.3 Å². The first-order valence-electron chi connectivity index (χ1n) is 6.30. The van der Waals surface area contributed by atoms with Crippen molar-refractivity contribution in [3.63, 3.8) is 0 Å². The molecule has 0 aliphatic carbocycles. The number of aromatic nitrogens is 2. The van der Waals surface area contributed by atoms with Crippen molar-refractivity contribution in [2.75, 3.05) is 31.8 Å². The molecule has 2 N–H and O–H groups in total. The summed E-state index contributed by atoms with van der Waals surface area (Å²) >= 11 is 7.69. The molecule has 0 amide bonds. The molecule has 0 saturated heterocycles. The van der Waals surface area contributed by atoms with Gasteiger partial charge in [0, 0.05) is 12.1 Å². The minimum atomic E-state index is 0.0178. The Labute approximate surface area is 132 Å². The number of methoxy groups -OCH3 is 1. The monoisotopic (exact) mass is 325 g/mol. The molecule has 0 aliphatic heterocycles. The van der Waals surface area contributed by atoms with Crippen molar-refractivity contribution < 1.29 is 9.84 Å². The molecule has 0 unspecified atom stereocenters. The molecule has 0 aliphatic rings. The molecule has 0 bridgehead atoms. The quantitative estimate of drug-likeness (QED) is 0.629. The van der Waals surface area contributed by atoms with E-state index in [4.69, 9.17) is 21.4 Å². The fourth-order valence-electron chi connectivity index (χ4n) is 1.79. The summed E-state index contributed by atoms with van der Waals surface area (Å²) in [7, 11) is 1.61. The first-order valence-corrected chi connectivity index (χ1v) is 7.90. The Morgan fingerprint density at radius 2 is 2.19 bits per heavy atom. The average Bonchev–Trinajstić information content (AvgIpc) is 2.52. The SMILES string of the molecule is COc1cccc(-c2nc(Cl)c(SC)c(NCCO)n2)c1. The second-order valence-electron chi connectivity index (χ2n) is 4.10. The Morgan fingerprint density at radius 1 is 1.38 bits per heavy atom. The molecule has 21 heavy (non-hydrogen) atoms. The summed E-state index contributed by atoms with van der Waals surface area (Å²) in [4.78, 5) is 9.59. The summed E-state index contributed by atoms with van der Waals surface area (Å²) in [6.45, 7) is 0.419. The fraction of sp³-hybridized carbons (Fsp3) is 0.286. The third kappa shape index (κ3) is 3.78. The lowest BCUT2D eigenvalue weighted by Gasteiger charge is -2.12. The number of aliphatic hydroxyl groups is 1. The van der Waals surface area contributed by atoms with Gasteiger partial charge in [0.15, 0.2) is 5.82 Å². The normalized spacial score (nSPS) is 10.5. The van der Waals surface area contributed by atoms with Gasteiger partial charge in [0.2, 0.25) is 0 Å². The van der Waals surface area contributed by atoms with Crippen molar-refractivity contribution in [2.45, 2.75) is 4.90 Å². The van der Waals surface area contributed by atoms with Gasteiger partial charge in [-0.2, -0.15) is 0 Å². The van der Waals surface area contributed by atoms with Crippen LogP contribution in [-0.2, 0) is 0 Å². The molecule has 7 heteroatoms. The Bertz CT molecular complexity index is 625. The standard InChI is InChI=1S/C14H16ClN3O2S/c1-20-10-5-3-4-9(8-10)13-17-12(15)11(21-2)14(18-13)16-6-7-19/h3-5,8,19H,6-7H2,1-2H3,(H,16,17,18). The highest BCUT2D eigenvalue weighted by Crippen LogP contribution is 2.33. The molecule has 2 rings (SSSR count). The minimum Gasteiger partial charge on any atom is -0.497 e. The first-order chi connectivity index (χ1) is 10.2. The third-order valence-corrected chi connectivity index (χ3v) is 3.94. The van der Waals surface area contributed by atoms with Crippen LogP contribution in [0.5, 0.6) is 5.75 Å². The highest BCUT2D eigenvalue weighted by molar-refractivity contribution is 7.98. The Morgan fingerprint density at radius 3 is 2.86 bits per heavy atom. The Balaban J connectivity index is 2.46. The lowest BCUT2D eigenvalue weighted by atomic mass is 10.2. The van der Waals surface area contributed by atoms with Crippen molar-refractivity contribution in [1.29, 1.82) is 0 Å². The van der Waals surface area contributed by atoms with Gasteiger partial charge in [0.05, 0.1) is 18.6 Å². The third-order valence-electron chi connectivity index (χ3n) is 2.76. The number of thioether (sulfide) groups is 1. The number of ether oxygens (including phenoxy) is 1. The van der Waals surface area contributed by atoms with Crippen molar-refractivity contribution in [3.8, 4) is 17.1 Å². The summed E-state index contributed by atoms with van der Waals surface area (Å²) in [5, 5.41) is 12.4. The highest BCUT2D eigenvalue weighted by Gasteiger charge is 2.13. The van der Waals surface area contributed by atoms with E-state index in [9.17, 15) is 0 Å². The summed E-state index contributed by atoms with van der Waals surface area (Å²) in [6, 6.07) is 7.46. The second kappa shape index (κ2) is 7.49. The molecule has 0 saturated carbocycles. The maximum Gasteiger partial charge on any atom is 0.163 e. The number of hydrogen-bond donors (Lipinski definition) is 2. The molecule has 0 atom stereocenters. The van der Waals surface area contributed by atoms with Crippen LogP contribution in [0.3, 0.4) is 0 Å². The Hall–Kier alpha value is -1.50. The molecule has 0 radical (unpaired) electrons. The van der Waals surface area contributed by atoms with Gasteiger partial charge in [-0.3, -0.25) is 0 Å². The number of hydrogen-bond acceptors (Lipinski definition) is 6. The van der Waals surface area contributed by atoms with Crippen LogP contribution in [0.25, 0.3) is 11.4 Å². The van der Waals surface area contributed by atoms with E-state index in [0.717, 1.165) is 16.2 Å². The number of nitrogens with zero attached hydrogens (tertiary/aromatic N) is 2. The zero-order chi connectivity index (χ0) is 15.2. The Kier molecular flexibility index (Phi) is 5.67. The lowest BCUT2D eigenvalue weighted by molar-refractivity contribution is 0.311. The van der Waals surface area contributed by atoms with Crippen LogP contribution in [0.4, 0.5) is 5.82 Å². The van der Waals surface area contributed by atoms with Gasteiger partial charge < -0.3 is 15.2 Å². The van der Waals surface area contributed by atoms with Gasteiger partial charge in [0.1, 0.15) is 16.7 Å². The van der Waals surface area contributed by atoms with E-state index in [1.54, 1.807) is 7.11 Å². The largest absolute Gasteiger partial charge is 0.497 e. The van der Waals surface area contributed by atoms with Crippen molar-refractivity contribution in [3.05, 3.63) is 29.4 Å². The molecular weight excluding hydrogens is 310 g/mol. The van der Waals surface area contributed by atoms with Crippen LogP contribution >= 0.6 is 23.4 Å². The summed E-state index contributed by atoms with van der Waals surface area (Å²) in [5.41, 5.74) is 0.816.